The molecule has 0 aromatic heterocycles. The summed E-state index contributed by atoms with van der Waals surface area (Å²) in [6.07, 6.45) is 0.424. The van der Waals surface area contributed by atoms with Crippen LogP contribution in [0, 0.1) is 0 Å². The van der Waals surface area contributed by atoms with E-state index < -0.39 is 20.2 Å². The summed E-state index contributed by atoms with van der Waals surface area (Å²) in [5.74, 6) is 0. The fourth-order valence-electron chi connectivity index (χ4n) is 1.12. The van der Waals surface area contributed by atoms with Crippen LogP contribution in [0.15, 0.2) is 35.2 Å². The summed E-state index contributed by atoms with van der Waals surface area (Å²) in [5, 5.41) is 0. The third kappa shape index (κ3) is 2.78. The molecule has 0 saturated heterocycles. The number of halogens is 2. The van der Waals surface area contributed by atoms with Crippen molar-refractivity contribution >= 4 is 25.8 Å². The molecule has 0 radical (unpaired) electrons. The molecular formula is C10H12BrFO2S. The number of rotatable bonds is 4. The maximum atomic E-state index is 13.6. The zero-order valence-electron chi connectivity index (χ0n) is 8.23. The minimum absolute atomic E-state index is 0.0235. The molecule has 0 amide bonds. The van der Waals surface area contributed by atoms with Gasteiger partial charge in [0, 0.05) is 0 Å². The Kier molecular flexibility index (Phi) is 4.28. The lowest BCUT2D eigenvalue weighted by Gasteiger charge is -2.13. The molecule has 84 valence electrons. The van der Waals surface area contributed by atoms with Crippen LogP contribution in [0.2, 0.25) is 0 Å². The van der Waals surface area contributed by atoms with Crippen LogP contribution in [-0.4, -0.2) is 18.7 Å². The van der Waals surface area contributed by atoms with Crippen LogP contribution in [0.5, 0.6) is 0 Å². The lowest BCUT2D eigenvalue weighted by Crippen LogP contribution is -2.25. The van der Waals surface area contributed by atoms with Crippen LogP contribution in [0.1, 0.15) is 13.3 Å². The molecule has 0 aliphatic rings. The van der Waals surface area contributed by atoms with Crippen molar-refractivity contribution in [3.8, 4) is 0 Å². The van der Waals surface area contributed by atoms with Crippen LogP contribution in [0.25, 0.3) is 0 Å². The van der Waals surface area contributed by atoms with E-state index in [0.29, 0.717) is 6.42 Å². The Morgan fingerprint density at radius 1 is 1.33 bits per heavy atom. The summed E-state index contributed by atoms with van der Waals surface area (Å²) in [6, 6.07) is 7.65. The lowest BCUT2D eigenvalue weighted by atomic mass is 10.4. The Balaban J connectivity index is 3.04. The molecule has 0 fully saturated rings. The quantitative estimate of drug-likeness (QED) is 0.800. The van der Waals surface area contributed by atoms with Gasteiger partial charge in [-0.3, -0.25) is 0 Å². The Morgan fingerprint density at radius 2 is 1.87 bits per heavy atom. The highest BCUT2D eigenvalue weighted by atomic mass is 79.9. The SMILES string of the molecule is CCC(Br)C(F)S(=O)(=O)c1ccccc1. The van der Waals surface area contributed by atoms with Crippen molar-refractivity contribution < 1.29 is 12.8 Å². The molecule has 0 aliphatic heterocycles. The fraction of sp³-hybridized carbons (Fsp3) is 0.400. The lowest BCUT2D eigenvalue weighted by molar-refractivity contribution is 0.407. The van der Waals surface area contributed by atoms with E-state index in [2.05, 4.69) is 15.9 Å². The number of alkyl halides is 2. The van der Waals surface area contributed by atoms with Crippen LogP contribution in [0.4, 0.5) is 4.39 Å². The maximum absolute atomic E-state index is 13.6. The Hall–Kier alpha value is -0.420. The van der Waals surface area contributed by atoms with E-state index in [-0.39, 0.29) is 4.90 Å². The van der Waals surface area contributed by atoms with Gasteiger partial charge in [-0.15, -0.1) is 0 Å². The summed E-state index contributed by atoms with van der Waals surface area (Å²) in [4.78, 5) is -0.641. The molecule has 0 aliphatic carbocycles. The van der Waals surface area contributed by atoms with E-state index in [1.807, 2.05) is 0 Å². The van der Waals surface area contributed by atoms with Gasteiger partial charge in [0.25, 0.3) is 0 Å². The van der Waals surface area contributed by atoms with Crippen molar-refractivity contribution in [1.82, 2.24) is 0 Å². The Morgan fingerprint density at radius 3 is 2.33 bits per heavy atom. The van der Waals surface area contributed by atoms with E-state index >= 15 is 0 Å². The first-order valence-electron chi connectivity index (χ1n) is 4.57. The summed E-state index contributed by atoms with van der Waals surface area (Å²) < 4.78 is 37.1. The molecule has 15 heavy (non-hydrogen) atoms. The number of benzene rings is 1. The molecule has 2 atom stereocenters. The highest BCUT2D eigenvalue weighted by molar-refractivity contribution is 9.09. The van der Waals surface area contributed by atoms with Gasteiger partial charge in [-0.1, -0.05) is 41.1 Å². The summed E-state index contributed by atoms with van der Waals surface area (Å²) >= 11 is 3.02. The Bertz CT molecular complexity index is 405. The van der Waals surface area contributed by atoms with E-state index in [0.717, 1.165) is 0 Å². The number of hydrogen-bond acceptors (Lipinski definition) is 2. The second-order valence-electron chi connectivity index (χ2n) is 3.13. The van der Waals surface area contributed by atoms with E-state index in [1.165, 1.54) is 12.1 Å². The van der Waals surface area contributed by atoms with E-state index in [9.17, 15) is 12.8 Å². The van der Waals surface area contributed by atoms with Crippen molar-refractivity contribution in [3.63, 3.8) is 0 Å². The van der Waals surface area contributed by atoms with Crippen molar-refractivity contribution in [2.75, 3.05) is 0 Å². The van der Waals surface area contributed by atoms with Gasteiger partial charge in [-0.25, -0.2) is 12.8 Å². The second kappa shape index (κ2) is 5.07. The maximum Gasteiger partial charge on any atom is 0.217 e. The van der Waals surface area contributed by atoms with E-state index in [4.69, 9.17) is 0 Å². The van der Waals surface area contributed by atoms with Gasteiger partial charge in [-0.05, 0) is 18.6 Å². The zero-order chi connectivity index (χ0) is 11.5. The third-order valence-electron chi connectivity index (χ3n) is 2.04. The second-order valence-corrected chi connectivity index (χ2v) is 6.32. The first-order valence-corrected chi connectivity index (χ1v) is 7.03. The van der Waals surface area contributed by atoms with Gasteiger partial charge in [0.05, 0.1) is 9.72 Å². The van der Waals surface area contributed by atoms with Gasteiger partial charge in [0.2, 0.25) is 15.3 Å². The predicted molar refractivity (Wildman–Crippen MR) is 61.5 cm³/mol. The van der Waals surface area contributed by atoms with Crippen LogP contribution >= 0.6 is 15.9 Å². The smallest absolute Gasteiger partial charge is 0.217 e. The van der Waals surface area contributed by atoms with Crippen LogP contribution in [0.3, 0.4) is 0 Å². The van der Waals surface area contributed by atoms with Crippen molar-refractivity contribution in [1.29, 1.82) is 0 Å². The summed E-state index contributed by atoms with van der Waals surface area (Å²) in [7, 11) is -3.86. The number of hydrogen-bond donors (Lipinski definition) is 0. The number of sulfone groups is 1. The predicted octanol–water partition coefficient (Wildman–Crippen LogP) is 2.93. The monoisotopic (exact) mass is 294 g/mol. The topological polar surface area (TPSA) is 34.1 Å². The van der Waals surface area contributed by atoms with Crippen LogP contribution < -0.4 is 0 Å². The Labute approximate surface area is 97.5 Å². The molecule has 1 aromatic rings. The minimum atomic E-state index is -3.86. The van der Waals surface area contributed by atoms with Gasteiger partial charge >= 0.3 is 0 Å². The molecule has 0 saturated carbocycles. The fourth-order valence-corrected chi connectivity index (χ4v) is 3.35. The molecule has 0 bridgehead atoms. The molecular weight excluding hydrogens is 283 g/mol. The minimum Gasteiger partial charge on any atom is -0.228 e. The first kappa shape index (κ1) is 12.6. The van der Waals surface area contributed by atoms with Crippen molar-refractivity contribution in [2.24, 2.45) is 0 Å². The molecule has 0 heterocycles. The van der Waals surface area contributed by atoms with Gasteiger partial charge in [-0.2, -0.15) is 0 Å². The molecule has 1 aromatic carbocycles. The average molecular weight is 295 g/mol. The average Bonchev–Trinajstić information content (AvgIpc) is 2.28. The van der Waals surface area contributed by atoms with Crippen molar-refractivity contribution in [3.05, 3.63) is 30.3 Å². The van der Waals surface area contributed by atoms with Gasteiger partial charge in [0.1, 0.15) is 0 Å². The van der Waals surface area contributed by atoms with Crippen LogP contribution in [-0.2, 0) is 9.84 Å². The highest BCUT2D eigenvalue weighted by Crippen LogP contribution is 2.24. The van der Waals surface area contributed by atoms with Gasteiger partial charge < -0.3 is 0 Å². The molecule has 1 rings (SSSR count). The largest absolute Gasteiger partial charge is 0.228 e. The summed E-state index contributed by atoms with van der Waals surface area (Å²) in [5.41, 5.74) is -1.90. The van der Waals surface area contributed by atoms with Crippen molar-refractivity contribution in [2.45, 2.75) is 28.6 Å². The molecule has 5 heteroatoms. The normalized spacial score (nSPS) is 15.9. The molecule has 2 nitrogen and oxygen atoms in total. The first-order chi connectivity index (χ1) is 7.00. The molecule has 0 spiro atoms. The third-order valence-corrected chi connectivity index (χ3v) is 5.35. The molecule has 2 unspecified atom stereocenters. The zero-order valence-corrected chi connectivity index (χ0v) is 10.6. The standard InChI is InChI=1S/C10H12BrFO2S/c1-2-9(11)10(12)15(13,14)8-6-4-3-5-7-8/h3-7,9-10H,2H2,1H3. The summed E-state index contributed by atoms with van der Waals surface area (Å²) in [6.45, 7) is 1.73. The highest BCUT2D eigenvalue weighted by Gasteiger charge is 2.32. The van der Waals surface area contributed by atoms with Gasteiger partial charge in [0.15, 0.2) is 0 Å². The van der Waals surface area contributed by atoms with E-state index in [1.54, 1.807) is 25.1 Å². The molecule has 0 N–H and O–H groups in total.